The average Bonchev–Trinajstić information content (AvgIpc) is 2.48. The molecule has 1 fully saturated rings. The molecule has 1 aromatic heterocycles. The number of thioether (sulfide) groups is 1. The van der Waals surface area contributed by atoms with Gasteiger partial charge in [-0.3, -0.25) is 0 Å². The molecule has 0 amide bonds. The molecule has 2 rings (SSSR count). The molecule has 0 N–H and O–H groups in total. The lowest BCUT2D eigenvalue weighted by Gasteiger charge is -2.32. The van der Waals surface area contributed by atoms with Gasteiger partial charge in [-0.15, -0.1) is 16.9 Å². The van der Waals surface area contributed by atoms with Gasteiger partial charge in [-0.05, 0) is 46.1 Å². The van der Waals surface area contributed by atoms with Crippen molar-refractivity contribution in [2.75, 3.05) is 6.26 Å². The third-order valence-electron chi connectivity index (χ3n) is 3.36. The number of aromatic nitrogens is 2. The van der Waals surface area contributed by atoms with Gasteiger partial charge in [-0.2, -0.15) is 5.10 Å². The Labute approximate surface area is 107 Å². The van der Waals surface area contributed by atoms with Gasteiger partial charge >= 0.3 is 7.12 Å². The molecule has 1 saturated heterocycles. The molecule has 0 atom stereocenters. The Kier molecular flexibility index (Phi) is 3.22. The van der Waals surface area contributed by atoms with Gasteiger partial charge in [0.1, 0.15) is 5.03 Å². The second-order valence-corrected chi connectivity index (χ2v) is 5.92. The van der Waals surface area contributed by atoms with Gasteiger partial charge in [-0.25, -0.2) is 0 Å². The van der Waals surface area contributed by atoms with E-state index in [-0.39, 0.29) is 11.2 Å². The SMILES string of the molecule is CSc1ccc(B2OC(C)(C)C(C)(C)O2)nn1. The molecule has 0 spiro atoms. The van der Waals surface area contributed by atoms with Crippen molar-refractivity contribution in [2.24, 2.45) is 0 Å². The molecule has 0 aliphatic carbocycles. The summed E-state index contributed by atoms with van der Waals surface area (Å²) in [6.45, 7) is 8.10. The van der Waals surface area contributed by atoms with Gasteiger partial charge in [0.05, 0.1) is 16.8 Å². The molecule has 17 heavy (non-hydrogen) atoms. The predicted octanol–water partition coefficient (Wildman–Crippen LogP) is 1.50. The Morgan fingerprint density at radius 1 is 1.06 bits per heavy atom. The van der Waals surface area contributed by atoms with Crippen molar-refractivity contribution in [3.05, 3.63) is 12.1 Å². The van der Waals surface area contributed by atoms with Crippen molar-refractivity contribution in [1.29, 1.82) is 0 Å². The van der Waals surface area contributed by atoms with E-state index in [1.807, 2.05) is 46.1 Å². The molecular weight excluding hydrogens is 235 g/mol. The summed E-state index contributed by atoms with van der Waals surface area (Å²) in [5, 5.41) is 9.13. The standard InChI is InChI=1S/C11H17BN2O2S/c1-10(2)11(3,4)16-12(15-10)8-6-7-9(17-5)14-13-8/h6-7H,1-5H3. The molecule has 1 aliphatic rings. The van der Waals surface area contributed by atoms with E-state index in [0.29, 0.717) is 0 Å². The monoisotopic (exact) mass is 252 g/mol. The molecule has 0 radical (unpaired) electrons. The summed E-state index contributed by atoms with van der Waals surface area (Å²) in [6, 6.07) is 3.83. The van der Waals surface area contributed by atoms with E-state index >= 15 is 0 Å². The molecule has 0 aromatic carbocycles. The molecule has 4 nitrogen and oxygen atoms in total. The summed E-state index contributed by atoms with van der Waals surface area (Å²) in [7, 11) is -0.427. The maximum Gasteiger partial charge on any atom is 0.516 e. The number of rotatable bonds is 2. The van der Waals surface area contributed by atoms with Crippen LogP contribution in [0.3, 0.4) is 0 Å². The topological polar surface area (TPSA) is 44.2 Å². The highest BCUT2D eigenvalue weighted by molar-refractivity contribution is 7.98. The van der Waals surface area contributed by atoms with Crippen LogP contribution in [0.25, 0.3) is 0 Å². The summed E-state index contributed by atoms with van der Waals surface area (Å²) in [5.74, 6) is 0. The van der Waals surface area contributed by atoms with Crippen LogP contribution in [0.2, 0.25) is 0 Å². The number of hydrogen-bond donors (Lipinski definition) is 0. The number of nitrogens with zero attached hydrogens (tertiary/aromatic N) is 2. The highest BCUT2D eigenvalue weighted by atomic mass is 32.2. The zero-order valence-electron chi connectivity index (χ0n) is 10.9. The summed E-state index contributed by atoms with van der Waals surface area (Å²) in [6.07, 6.45) is 1.97. The van der Waals surface area contributed by atoms with E-state index in [1.54, 1.807) is 11.8 Å². The Balaban J connectivity index is 2.20. The average molecular weight is 252 g/mol. The van der Waals surface area contributed by atoms with E-state index in [0.717, 1.165) is 10.6 Å². The highest BCUT2D eigenvalue weighted by Crippen LogP contribution is 2.36. The van der Waals surface area contributed by atoms with Gasteiger partial charge in [0.25, 0.3) is 0 Å². The van der Waals surface area contributed by atoms with Crippen LogP contribution in [-0.2, 0) is 9.31 Å². The van der Waals surface area contributed by atoms with Crippen LogP contribution in [0.1, 0.15) is 27.7 Å². The summed E-state index contributed by atoms with van der Waals surface area (Å²) in [4.78, 5) is 0. The smallest absolute Gasteiger partial charge is 0.398 e. The van der Waals surface area contributed by atoms with Crippen molar-refractivity contribution in [2.45, 2.75) is 43.9 Å². The lowest BCUT2D eigenvalue weighted by Crippen LogP contribution is -2.41. The quantitative estimate of drug-likeness (QED) is 0.589. The first-order chi connectivity index (χ1) is 7.86. The Bertz CT molecular complexity index is 392. The first-order valence-electron chi connectivity index (χ1n) is 5.59. The molecule has 92 valence electrons. The largest absolute Gasteiger partial charge is 0.516 e. The molecule has 1 aliphatic heterocycles. The van der Waals surface area contributed by atoms with Gasteiger partial charge in [0.15, 0.2) is 0 Å². The molecule has 6 heteroatoms. The van der Waals surface area contributed by atoms with Gasteiger partial charge in [0, 0.05) is 0 Å². The van der Waals surface area contributed by atoms with Crippen molar-refractivity contribution >= 4 is 24.5 Å². The third kappa shape index (κ3) is 2.34. The van der Waals surface area contributed by atoms with Crippen LogP contribution >= 0.6 is 11.8 Å². The van der Waals surface area contributed by atoms with E-state index in [9.17, 15) is 0 Å². The first-order valence-corrected chi connectivity index (χ1v) is 6.81. The van der Waals surface area contributed by atoms with E-state index < -0.39 is 7.12 Å². The summed E-state index contributed by atoms with van der Waals surface area (Å²) < 4.78 is 11.8. The molecule has 0 unspecified atom stereocenters. The van der Waals surface area contributed by atoms with Crippen LogP contribution in [0.4, 0.5) is 0 Å². The van der Waals surface area contributed by atoms with Crippen LogP contribution in [0.15, 0.2) is 17.2 Å². The Morgan fingerprint density at radius 3 is 2.06 bits per heavy atom. The fourth-order valence-electron chi connectivity index (χ4n) is 1.53. The van der Waals surface area contributed by atoms with Crippen LogP contribution in [-0.4, -0.2) is 34.8 Å². The van der Waals surface area contributed by atoms with E-state index in [2.05, 4.69) is 10.2 Å². The maximum atomic E-state index is 5.89. The lowest BCUT2D eigenvalue weighted by molar-refractivity contribution is 0.00578. The third-order valence-corrected chi connectivity index (χ3v) is 4.00. The van der Waals surface area contributed by atoms with E-state index in [1.165, 1.54) is 0 Å². The highest BCUT2D eigenvalue weighted by Gasteiger charge is 2.52. The van der Waals surface area contributed by atoms with Gasteiger partial charge in [0.2, 0.25) is 0 Å². The summed E-state index contributed by atoms with van der Waals surface area (Å²) >= 11 is 1.56. The predicted molar refractivity (Wildman–Crippen MR) is 69.5 cm³/mol. The minimum absolute atomic E-state index is 0.336. The van der Waals surface area contributed by atoms with E-state index in [4.69, 9.17) is 9.31 Å². The lowest BCUT2D eigenvalue weighted by atomic mass is 9.85. The van der Waals surface area contributed by atoms with Crippen LogP contribution in [0.5, 0.6) is 0 Å². The normalized spacial score (nSPS) is 21.8. The minimum Gasteiger partial charge on any atom is -0.398 e. The van der Waals surface area contributed by atoms with Crippen LogP contribution in [0, 0.1) is 0 Å². The Hall–Kier alpha value is -0.585. The van der Waals surface area contributed by atoms with Crippen molar-refractivity contribution in [1.82, 2.24) is 10.2 Å². The van der Waals surface area contributed by atoms with Crippen molar-refractivity contribution in [3.63, 3.8) is 0 Å². The molecule has 0 saturated carbocycles. The molecular formula is C11H17BN2O2S. The van der Waals surface area contributed by atoms with Crippen LogP contribution < -0.4 is 5.59 Å². The zero-order chi connectivity index (χ0) is 12.7. The fraction of sp³-hybridized carbons (Fsp3) is 0.636. The van der Waals surface area contributed by atoms with Crippen molar-refractivity contribution < 1.29 is 9.31 Å². The first kappa shape index (κ1) is 12.9. The number of hydrogen-bond acceptors (Lipinski definition) is 5. The maximum absolute atomic E-state index is 5.89. The van der Waals surface area contributed by atoms with Crippen molar-refractivity contribution in [3.8, 4) is 0 Å². The fourth-order valence-corrected chi connectivity index (χ4v) is 1.86. The summed E-state index contributed by atoms with van der Waals surface area (Å²) in [5.41, 5.74) is 0.0520. The second kappa shape index (κ2) is 4.26. The molecule has 0 bridgehead atoms. The second-order valence-electron chi connectivity index (χ2n) is 5.09. The van der Waals surface area contributed by atoms with Gasteiger partial charge in [-0.1, -0.05) is 0 Å². The minimum atomic E-state index is -0.427. The Morgan fingerprint density at radius 2 is 1.65 bits per heavy atom. The molecule has 1 aromatic rings. The van der Waals surface area contributed by atoms with Gasteiger partial charge < -0.3 is 9.31 Å². The zero-order valence-corrected chi connectivity index (χ0v) is 11.7. The molecule has 2 heterocycles.